The van der Waals surface area contributed by atoms with Crippen LogP contribution in [0.3, 0.4) is 0 Å². The van der Waals surface area contributed by atoms with Crippen molar-refractivity contribution in [1.29, 1.82) is 5.41 Å². The van der Waals surface area contributed by atoms with Crippen molar-refractivity contribution in [3.05, 3.63) is 26.4 Å². The first-order valence-corrected chi connectivity index (χ1v) is 19.5. The molecule has 0 radical (unpaired) electrons. The Labute approximate surface area is 254 Å². The van der Waals surface area contributed by atoms with Gasteiger partial charge in [-0.25, -0.2) is 14.5 Å². The van der Waals surface area contributed by atoms with Gasteiger partial charge in [0.15, 0.2) is 0 Å². The molecule has 0 unspecified atom stereocenters. The van der Waals surface area contributed by atoms with E-state index in [0.29, 0.717) is 57.6 Å². The second-order valence-electron chi connectivity index (χ2n) is 14.1. The fourth-order valence-electron chi connectivity index (χ4n) is 6.44. The molecule has 1 saturated heterocycles. The van der Waals surface area contributed by atoms with Gasteiger partial charge in [-0.05, 0) is 76.2 Å². The highest BCUT2D eigenvalue weighted by Gasteiger charge is 2.56. The lowest BCUT2D eigenvalue weighted by atomic mass is 9.77. The van der Waals surface area contributed by atoms with Crippen LogP contribution in [0.4, 0.5) is 4.79 Å². The number of nitrogens with one attached hydrogen (secondary N) is 1. The summed E-state index contributed by atoms with van der Waals surface area (Å²) in [7, 11) is -1.31. The van der Waals surface area contributed by atoms with Crippen LogP contribution in [0.5, 0.6) is 5.88 Å². The Morgan fingerprint density at radius 1 is 1.07 bits per heavy atom. The zero-order valence-electron chi connectivity index (χ0n) is 26.5. The first-order valence-electron chi connectivity index (χ1n) is 15.8. The van der Waals surface area contributed by atoms with E-state index in [-0.39, 0.29) is 36.7 Å². The molecule has 4 N–H and O–H groups in total. The standard InChI is InChI=1S/C30H50N6O6Si/c1-6-7-14-33-25(37)23(24(31)32)26(38)36(29(33)41)22-12-10-20(11-13-22)17-30(2)27(39)34(19-42-15-16-43(3,4)5)28(40)35(30)18-21-8-9-21/h20-22,37H,6-19H2,1-5H3,(H3,31,32)/t20?,22?,30-/m0/s1. The molecule has 2 saturated carbocycles. The van der Waals surface area contributed by atoms with Crippen LogP contribution in [0.2, 0.25) is 25.7 Å². The smallest absolute Gasteiger partial charge is 0.334 e. The predicted molar refractivity (Wildman–Crippen MR) is 167 cm³/mol. The Kier molecular flexibility index (Phi) is 9.94. The summed E-state index contributed by atoms with van der Waals surface area (Å²) in [6, 6.07) is 0.272. The fraction of sp³-hybridized carbons (Fsp3) is 0.767. The largest absolute Gasteiger partial charge is 0.494 e. The van der Waals surface area contributed by atoms with Crippen molar-refractivity contribution in [3.8, 4) is 5.88 Å². The number of nitrogens with two attached hydrogens (primary N) is 1. The SMILES string of the molecule is CCCCn1c(O)c(C(=N)N)c(=O)n(C2CCC(C[C@@]3(C)C(=O)N(COCC[Si](C)(C)C)C(=O)N3CC3CC3)CC2)c1=O. The van der Waals surface area contributed by atoms with Crippen molar-refractivity contribution in [2.45, 2.75) is 115 Å². The van der Waals surface area contributed by atoms with Crippen molar-refractivity contribution < 1.29 is 19.4 Å². The van der Waals surface area contributed by atoms with Crippen LogP contribution in [0, 0.1) is 17.2 Å². The number of carbonyl (C=O) groups is 2. The van der Waals surface area contributed by atoms with Crippen molar-refractivity contribution in [3.63, 3.8) is 0 Å². The Hall–Kier alpha value is -2.93. The molecular weight excluding hydrogens is 568 g/mol. The third-order valence-electron chi connectivity index (χ3n) is 9.34. The van der Waals surface area contributed by atoms with Gasteiger partial charge in [0, 0.05) is 33.8 Å². The number of ether oxygens (including phenoxy) is 1. The monoisotopic (exact) mass is 618 g/mol. The van der Waals surface area contributed by atoms with Gasteiger partial charge >= 0.3 is 11.7 Å². The lowest BCUT2D eigenvalue weighted by Gasteiger charge is -2.37. The summed E-state index contributed by atoms with van der Waals surface area (Å²) in [6.07, 6.45) is 6.43. The second kappa shape index (κ2) is 13.0. The van der Waals surface area contributed by atoms with Gasteiger partial charge in [0.1, 0.15) is 23.7 Å². The minimum Gasteiger partial charge on any atom is -0.494 e. The normalized spacial score (nSPS) is 24.7. The van der Waals surface area contributed by atoms with Crippen LogP contribution in [0.15, 0.2) is 9.59 Å². The fourth-order valence-corrected chi connectivity index (χ4v) is 7.19. The Balaban J connectivity index is 1.49. The third-order valence-corrected chi connectivity index (χ3v) is 11.0. The van der Waals surface area contributed by atoms with E-state index in [1.807, 2.05) is 13.8 Å². The van der Waals surface area contributed by atoms with Crippen LogP contribution in [-0.4, -0.2) is 75.3 Å². The van der Waals surface area contributed by atoms with E-state index in [4.69, 9.17) is 15.9 Å². The highest BCUT2D eigenvalue weighted by molar-refractivity contribution is 6.76. The maximum Gasteiger partial charge on any atom is 0.334 e. The molecule has 1 aromatic heterocycles. The average molecular weight is 619 g/mol. The van der Waals surface area contributed by atoms with E-state index < -0.39 is 42.6 Å². The van der Waals surface area contributed by atoms with Gasteiger partial charge < -0.3 is 20.5 Å². The van der Waals surface area contributed by atoms with E-state index in [0.717, 1.165) is 34.4 Å². The molecule has 1 aromatic rings. The summed E-state index contributed by atoms with van der Waals surface area (Å²) in [5.74, 6) is -0.797. The number of unbranched alkanes of at least 4 members (excludes halogenated alkanes) is 1. The molecule has 43 heavy (non-hydrogen) atoms. The summed E-state index contributed by atoms with van der Waals surface area (Å²) >= 11 is 0. The van der Waals surface area contributed by atoms with Crippen molar-refractivity contribution in [1.82, 2.24) is 18.9 Å². The van der Waals surface area contributed by atoms with Crippen molar-refractivity contribution in [2.24, 2.45) is 17.6 Å². The topological polar surface area (TPSA) is 164 Å². The molecule has 0 spiro atoms. The van der Waals surface area contributed by atoms with Crippen LogP contribution < -0.4 is 17.0 Å². The highest BCUT2D eigenvalue weighted by atomic mass is 28.3. The third kappa shape index (κ3) is 7.08. The quantitative estimate of drug-likeness (QED) is 0.0941. The van der Waals surface area contributed by atoms with Crippen LogP contribution in [0.1, 0.15) is 83.2 Å². The molecule has 3 amide bonds. The Bertz CT molecular complexity index is 1340. The highest BCUT2D eigenvalue weighted by Crippen LogP contribution is 2.42. The number of imide groups is 1. The summed E-state index contributed by atoms with van der Waals surface area (Å²) in [5, 5.41) is 18.5. The predicted octanol–water partition coefficient (Wildman–Crippen LogP) is 3.67. The number of carbonyl (C=O) groups excluding carboxylic acids is 2. The molecule has 2 aliphatic carbocycles. The molecule has 0 aromatic carbocycles. The molecule has 1 aliphatic heterocycles. The summed E-state index contributed by atoms with van der Waals surface area (Å²) in [5.41, 5.74) is 3.01. The molecule has 3 fully saturated rings. The maximum atomic E-state index is 13.8. The lowest BCUT2D eigenvalue weighted by molar-refractivity contribution is -0.137. The number of aromatic hydroxyl groups is 1. The first-order chi connectivity index (χ1) is 20.2. The lowest BCUT2D eigenvalue weighted by Crippen LogP contribution is -2.50. The van der Waals surface area contributed by atoms with E-state index in [9.17, 15) is 24.3 Å². The van der Waals surface area contributed by atoms with Crippen molar-refractivity contribution >= 4 is 25.8 Å². The van der Waals surface area contributed by atoms with E-state index >= 15 is 0 Å². The number of urea groups is 1. The zero-order chi connectivity index (χ0) is 31.7. The molecular formula is C30H50N6O6Si. The molecule has 0 bridgehead atoms. The molecule has 4 rings (SSSR count). The molecule has 13 heteroatoms. The summed E-state index contributed by atoms with van der Waals surface area (Å²) in [6.45, 7) is 11.9. The zero-order valence-corrected chi connectivity index (χ0v) is 27.5. The number of amides is 3. The van der Waals surface area contributed by atoms with Crippen LogP contribution >= 0.6 is 0 Å². The number of hydrogen-bond donors (Lipinski definition) is 3. The van der Waals surface area contributed by atoms with Gasteiger partial charge in [-0.15, -0.1) is 0 Å². The van der Waals surface area contributed by atoms with E-state index in [2.05, 4.69) is 19.6 Å². The number of nitrogen functional groups attached to an aromatic ring is 1. The van der Waals surface area contributed by atoms with Gasteiger partial charge in [-0.3, -0.25) is 24.1 Å². The first kappa shape index (κ1) is 33.0. The Morgan fingerprint density at radius 3 is 2.26 bits per heavy atom. The second-order valence-corrected chi connectivity index (χ2v) is 19.8. The molecule has 3 aliphatic rings. The van der Waals surface area contributed by atoms with Gasteiger partial charge in [-0.1, -0.05) is 33.0 Å². The van der Waals surface area contributed by atoms with Crippen molar-refractivity contribution in [2.75, 3.05) is 19.9 Å². The summed E-state index contributed by atoms with van der Waals surface area (Å²) in [4.78, 5) is 57.0. The van der Waals surface area contributed by atoms with E-state index in [1.54, 1.807) is 4.90 Å². The minimum absolute atomic E-state index is 0.0296. The maximum absolute atomic E-state index is 13.8. The van der Waals surface area contributed by atoms with Crippen LogP contribution in [-0.2, 0) is 16.1 Å². The molecule has 1 atom stereocenters. The number of amidine groups is 1. The van der Waals surface area contributed by atoms with Gasteiger partial charge in [-0.2, -0.15) is 0 Å². The number of nitrogens with zero attached hydrogens (tertiary/aromatic N) is 4. The van der Waals surface area contributed by atoms with E-state index in [1.165, 1.54) is 4.90 Å². The molecule has 12 nitrogen and oxygen atoms in total. The Morgan fingerprint density at radius 2 is 1.70 bits per heavy atom. The molecule has 240 valence electrons. The van der Waals surface area contributed by atoms with Gasteiger partial charge in [0.2, 0.25) is 5.88 Å². The average Bonchev–Trinajstić information content (AvgIpc) is 3.73. The summed E-state index contributed by atoms with van der Waals surface area (Å²) < 4.78 is 8.13. The van der Waals surface area contributed by atoms with Gasteiger partial charge in [0.25, 0.3) is 11.5 Å². The molecule has 2 heterocycles. The number of hydrogen-bond acceptors (Lipinski definition) is 7. The van der Waals surface area contributed by atoms with Gasteiger partial charge in [0.05, 0.1) is 0 Å². The number of rotatable bonds is 14. The number of aromatic nitrogens is 2. The minimum atomic E-state index is -1.31. The van der Waals surface area contributed by atoms with Crippen LogP contribution in [0.25, 0.3) is 0 Å².